The van der Waals surface area contributed by atoms with Crippen LogP contribution in [-0.2, 0) is 0 Å². The first kappa shape index (κ1) is 13.9. The molecule has 0 fully saturated rings. The molecule has 2 unspecified atom stereocenters. The van der Waals surface area contributed by atoms with Crippen LogP contribution in [0.25, 0.3) is 0 Å². The number of hydrogen-bond donors (Lipinski definition) is 1. The maximum atomic E-state index is 13.4. The van der Waals surface area contributed by atoms with E-state index >= 15 is 0 Å². The van der Waals surface area contributed by atoms with Crippen LogP contribution in [0.1, 0.15) is 35.3 Å². The third-order valence-corrected chi connectivity index (χ3v) is 3.84. The first-order valence-electron chi connectivity index (χ1n) is 6.87. The summed E-state index contributed by atoms with van der Waals surface area (Å²) in [7, 11) is 1.59. The SMILES string of the molecule is COc1ccc2c(c1)OC(c1ccc(F)c(C)c1)CC2O. The van der Waals surface area contributed by atoms with Gasteiger partial charge in [-0.25, -0.2) is 4.39 Å². The lowest BCUT2D eigenvalue weighted by Gasteiger charge is -2.30. The van der Waals surface area contributed by atoms with Crippen LogP contribution < -0.4 is 9.47 Å². The Labute approximate surface area is 122 Å². The van der Waals surface area contributed by atoms with Crippen molar-refractivity contribution in [3.63, 3.8) is 0 Å². The number of aryl methyl sites for hydroxylation is 1. The van der Waals surface area contributed by atoms with E-state index in [0.29, 0.717) is 23.5 Å². The number of hydrogen-bond acceptors (Lipinski definition) is 3. The summed E-state index contributed by atoms with van der Waals surface area (Å²) < 4.78 is 24.5. The predicted octanol–water partition coefficient (Wildman–Crippen LogP) is 3.70. The van der Waals surface area contributed by atoms with Crippen molar-refractivity contribution in [1.29, 1.82) is 0 Å². The lowest BCUT2D eigenvalue weighted by molar-refractivity contribution is 0.0654. The third kappa shape index (κ3) is 2.59. The van der Waals surface area contributed by atoms with Crippen LogP contribution in [0.5, 0.6) is 11.5 Å². The number of aliphatic hydroxyl groups is 1. The van der Waals surface area contributed by atoms with E-state index < -0.39 is 6.10 Å². The van der Waals surface area contributed by atoms with Crippen LogP contribution in [0.3, 0.4) is 0 Å². The van der Waals surface area contributed by atoms with Crippen molar-refractivity contribution < 1.29 is 19.0 Å². The van der Waals surface area contributed by atoms with Crippen molar-refractivity contribution in [2.24, 2.45) is 0 Å². The highest BCUT2D eigenvalue weighted by atomic mass is 19.1. The molecule has 0 radical (unpaired) electrons. The van der Waals surface area contributed by atoms with Crippen LogP contribution >= 0.6 is 0 Å². The number of ether oxygens (including phenoxy) is 2. The van der Waals surface area contributed by atoms with Gasteiger partial charge in [0, 0.05) is 18.1 Å². The molecule has 110 valence electrons. The fourth-order valence-corrected chi connectivity index (χ4v) is 2.62. The van der Waals surface area contributed by atoms with Crippen molar-refractivity contribution in [2.45, 2.75) is 25.6 Å². The Morgan fingerprint density at radius 3 is 2.76 bits per heavy atom. The molecule has 0 saturated carbocycles. The highest BCUT2D eigenvalue weighted by Gasteiger charge is 2.28. The highest BCUT2D eigenvalue weighted by molar-refractivity contribution is 5.44. The van der Waals surface area contributed by atoms with E-state index in [9.17, 15) is 9.50 Å². The van der Waals surface area contributed by atoms with Crippen molar-refractivity contribution in [2.75, 3.05) is 7.11 Å². The monoisotopic (exact) mass is 288 g/mol. The van der Waals surface area contributed by atoms with Gasteiger partial charge in [0.1, 0.15) is 23.4 Å². The normalized spacial score (nSPS) is 20.6. The van der Waals surface area contributed by atoms with E-state index in [0.717, 1.165) is 11.1 Å². The minimum Gasteiger partial charge on any atom is -0.497 e. The molecule has 3 nitrogen and oxygen atoms in total. The van der Waals surface area contributed by atoms with Crippen molar-refractivity contribution in [3.05, 3.63) is 58.9 Å². The third-order valence-electron chi connectivity index (χ3n) is 3.84. The number of benzene rings is 2. The van der Waals surface area contributed by atoms with Gasteiger partial charge in [0.25, 0.3) is 0 Å². The van der Waals surface area contributed by atoms with E-state index in [-0.39, 0.29) is 11.9 Å². The van der Waals surface area contributed by atoms with E-state index in [4.69, 9.17) is 9.47 Å². The maximum absolute atomic E-state index is 13.4. The molecule has 0 bridgehead atoms. The van der Waals surface area contributed by atoms with Gasteiger partial charge in [-0.05, 0) is 42.3 Å². The Morgan fingerprint density at radius 2 is 2.05 bits per heavy atom. The van der Waals surface area contributed by atoms with Crippen LogP contribution in [0, 0.1) is 12.7 Å². The zero-order chi connectivity index (χ0) is 15.0. The molecule has 0 saturated heterocycles. The fraction of sp³-hybridized carbons (Fsp3) is 0.294. The molecule has 0 aromatic heterocycles. The van der Waals surface area contributed by atoms with Crippen molar-refractivity contribution in [3.8, 4) is 11.5 Å². The van der Waals surface area contributed by atoms with E-state index in [1.165, 1.54) is 6.07 Å². The van der Waals surface area contributed by atoms with Gasteiger partial charge in [0.2, 0.25) is 0 Å². The van der Waals surface area contributed by atoms with Crippen molar-refractivity contribution in [1.82, 2.24) is 0 Å². The van der Waals surface area contributed by atoms with E-state index in [1.807, 2.05) is 6.07 Å². The fourth-order valence-electron chi connectivity index (χ4n) is 2.62. The predicted molar refractivity (Wildman–Crippen MR) is 77.1 cm³/mol. The minimum absolute atomic E-state index is 0.239. The average Bonchev–Trinajstić information content (AvgIpc) is 2.49. The van der Waals surface area contributed by atoms with Gasteiger partial charge < -0.3 is 14.6 Å². The summed E-state index contributed by atoms with van der Waals surface area (Å²) >= 11 is 0. The summed E-state index contributed by atoms with van der Waals surface area (Å²) in [5.41, 5.74) is 2.19. The van der Waals surface area contributed by atoms with Crippen LogP contribution in [0.2, 0.25) is 0 Å². The smallest absolute Gasteiger partial charge is 0.129 e. The summed E-state index contributed by atoms with van der Waals surface area (Å²) in [6, 6.07) is 10.3. The molecule has 2 aromatic carbocycles. The highest BCUT2D eigenvalue weighted by Crippen LogP contribution is 2.42. The standard InChI is InChI=1S/C17H17FO3/c1-10-7-11(3-6-14(10)18)16-9-15(19)13-5-4-12(20-2)8-17(13)21-16/h3-8,15-16,19H,9H2,1-2H3. The van der Waals surface area contributed by atoms with E-state index in [2.05, 4.69) is 0 Å². The van der Waals surface area contributed by atoms with E-state index in [1.54, 1.807) is 38.3 Å². The minimum atomic E-state index is -0.602. The van der Waals surface area contributed by atoms with Crippen molar-refractivity contribution >= 4 is 0 Å². The zero-order valence-electron chi connectivity index (χ0n) is 12.0. The molecule has 2 atom stereocenters. The second kappa shape index (κ2) is 5.37. The lowest BCUT2D eigenvalue weighted by Crippen LogP contribution is -2.19. The van der Waals surface area contributed by atoms with Gasteiger partial charge in [0.05, 0.1) is 13.2 Å². The summed E-state index contributed by atoms with van der Waals surface area (Å²) in [5, 5.41) is 10.3. The Balaban J connectivity index is 1.94. The second-order valence-electron chi connectivity index (χ2n) is 5.27. The molecule has 0 amide bonds. The topological polar surface area (TPSA) is 38.7 Å². The number of aliphatic hydroxyl groups excluding tert-OH is 1. The Kier molecular flexibility index (Phi) is 3.55. The first-order valence-corrected chi connectivity index (χ1v) is 6.87. The number of halogens is 1. The first-order chi connectivity index (χ1) is 10.1. The quantitative estimate of drug-likeness (QED) is 0.915. The molecule has 2 aromatic rings. The number of methoxy groups -OCH3 is 1. The van der Waals surface area contributed by atoms with Gasteiger partial charge in [-0.15, -0.1) is 0 Å². The molecule has 0 spiro atoms. The van der Waals surface area contributed by atoms with Crippen LogP contribution in [0.4, 0.5) is 4.39 Å². The second-order valence-corrected chi connectivity index (χ2v) is 5.27. The Morgan fingerprint density at radius 1 is 1.24 bits per heavy atom. The molecule has 1 heterocycles. The number of rotatable bonds is 2. The van der Waals surface area contributed by atoms with Gasteiger partial charge in [0.15, 0.2) is 0 Å². The molecule has 1 aliphatic heterocycles. The largest absolute Gasteiger partial charge is 0.497 e. The molecule has 21 heavy (non-hydrogen) atoms. The average molecular weight is 288 g/mol. The molecule has 3 rings (SSSR count). The lowest BCUT2D eigenvalue weighted by atomic mass is 9.94. The molecular formula is C17H17FO3. The summed E-state index contributed by atoms with van der Waals surface area (Å²) in [5.74, 6) is 1.05. The molecule has 1 N–H and O–H groups in total. The van der Waals surface area contributed by atoms with Gasteiger partial charge in [-0.3, -0.25) is 0 Å². The molecule has 1 aliphatic rings. The summed E-state index contributed by atoms with van der Waals surface area (Å²) in [6.07, 6.45) is -0.446. The summed E-state index contributed by atoms with van der Waals surface area (Å²) in [4.78, 5) is 0. The molecule has 0 aliphatic carbocycles. The molecule has 4 heteroatoms. The number of fused-ring (bicyclic) bond motifs is 1. The summed E-state index contributed by atoms with van der Waals surface area (Å²) in [6.45, 7) is 1.72. The van der Waals surface area contributed by atoms with Gasteiger partial charge in [-0.2, -0.15) is 0 Å². The Hall–Kier alpha value is -2.07. The Bertz CT molecular complexity index is 669. The maximum Gasteiger partial charge on any atom is 0.129 e. The van der Waals surface area contributed by atoms with Gasteiger partial charge >= 0.3 is 0 Å². The zero-order valence-corrected chi connectivity index (χ0v) is 12.0. The van der Waals surface area contributed by atoms with Gasteiger partial charge in [-0.1, -0.05) is 6.07 Å². The molecular weight excluding hydrogens is 271 g/mol. The van der Waals surface area contributed by atoms with Crippen LogP contribution in [-0.4, -0.2) is 12.2 Å². The van der Waals surface area contributed by atoms with Crippen LogP contribution in [0.15, 0.2) is 36.4 Å².